The van der Waals surface area contributed by atoms with Gasteiger partial charge in [-0.25, -0.2) is 9.67 Å². The van der Waals surface area contributed by atoms with Gasteiger partial charge in [-0.1, -0.05) is 0 Å². The monoisotopic (exact) mass is 270 g/mol. The van der Waals surface area contributed by atoms with Crippen LogP contribution < -0.4 is 10.3 Å². The van der Waals surface area contributed by atoms with Gasteiger partial charge in [0.25, 0.3) is 5.56 Å². The fourth-order valence-electron chi connectivity index (χ4n) is 2.07. The van der Waals surface area contributed by atoms with Crippen LogP contribution in [-0.2, 0) is 0 Å². The Morgan fingerprint density at radius 1 is 1.30 bits per heavy atom. The molecule has 0 bridgehead atoms. The quantitative estimate of drug-likeness (QED) is 0.787. The lowest BCUT2D eigenvalue weighted by Crippen LogP contribution is -2.10. The first kappa shape index (κ1) is 12.4. The van der Waals surface area contributed by atoms with Gasteiger partial charge in [-0.05, 0) is 38.1 Å². The molecule has 6 heteroatoms. The Hall–Kier alpha value is -2.63. The van der Waals surface area contributed by atoms with E-state index in [0.717, 1.165) is 11.4 Å². The van der Waals surface area contributed by atoms with Crippen molar-refractivity contribution >= 4 is 11.0 Å². The summed E-state index contributed by atoms with van der Waals surface area (Å²) in [5.41, 5.74) is 1.21. The van der Waals surface area contributed by atoms with Crippen molar-refractivity contribution in [1.82, 2.24) is 19.7 Å². The van der Waals surface area contributed by atoms with Crippen LogP contribution in [0.15, 0.2) is 35.3 Å². The van der Waals surface area contributed by atoms with E-state index in [-0.39, 0.29) is 5.56 Å². The van der Waals surface area contributed by atoms with E-state index in [9.17, 15) is 4.79 Å². The fourth-order valence-corrected chi connectivity index (χ4v) is 2.07. The normalized spacial score (nSPS) is 10.9. The van der Waals surface area contributed by atoms with Gasteiger partial charge in [0.15, 0.2) is 5.65 Å². The van der Waals surface area contributed by atoms with E-state index < -0.39 is 0 Å². The van der Waals surface area contributed by atoms with Gasteiger partial charge in [0.2, 0.25) is 0 Å². The van der Waals surface area contributed by atoms with Gasteiger partial charge in [-0.15, -0.1) is 0 Å². The molecule has 3 rings (SSSR count). The molecule has 20 heavy (non-hydrogen) atoms. The SMILES string of the molecule is CCOc1ccc(-n2ncc3c(=O)[nH]c(C)nc32)cc1. The van der Waals surface area contributed by atoms with Crippen LogP contribution in [-0.4, -0.2) is 26.4 Å². The Balaban J connectivity index is 2.12. The zero-order valence-electron chi connectivity index (χ0n) is 11.3. The van der Waals surface area contributed by atoms with Crippen molar-refractivity contribution in [2.24, 2.45) is 0 Å². The van der Waals surface area contributed by atoms with Crippen LogP contribution in [0.3, 0.4) is 0 Å². The van der Waals surface area contributed by atoms with Crippen LogP contribution in [0.5, 0.6) is 5.75 Å². The van der Waals surface area contributed by atoms with E-state index in [0.29, 0.717) is 23.5 Å². The molecule has 0 saturated carbocycles. The highest BCUT2D eigenvalue weighted by Crippen LogP contribution is 2.17. The third-order valence-corrected chi connectivity index (χ3v) is 2.95. The van der Waals surface area contributed by atoms with Crippen LogP contribution in [0, 0.1) is 6.92 Å². The van der Waals surface area contributed by atoms with Gasteiger partial charge in [0, 0.05) is 0 Å². The summed E-state index contributed by atoms with van der Waals surface area (Å²) in [5, 5.41) is 4.71. The van der Waals surface area contributed by atoms with Gasteiger partial charge in [0.1, 0.15) is 17.0 Å². The van der Waals surface area contributed by atoms with Gasteiger partial charge >= 0.3 is 0 Å². The summed E-state index contributed by atoms with van der Waals surface area (Å²) >= 11 is 0. The summed E-state index contributed by atoms with van der Waals surface area (Å²) in [4.78, 5) is 18.8. The highest BCUT2D eigenvalue weighted by Gasteiger charge is 2.10. The second-order valence-electron chi connectivity index (χ2n) is 4.37. The van der Waals surface area contributed by atoms with Gasteiger partial charge in [-0.3, -0.25) is 4.79 Å². The molecule has 0 saturated heterocycles. The largest absolute Gasteiger partial charge is 0.494 e. The number of ether oxygens (including phenoxy) is 1. The number of H-pyrrole nitrogens is 1. The molecule has 0 aliphatic rings. The highest BCUT2D eigenvalue weighted by atomic mass is 16.5. The molecule has 0 fully saturated rings. The third kappa shape index (κ3) is 2.05. The Morgan fingerprint density at radius 3 is 2.75 bits per heavy atom. The topological polar surface area (TPSA) is 72.8 Å². The van der Waals surface area contributed by atoms with Crippen molar-refractivity contribution in [3.63, 3.8) is 0 Å². The predicted octanol–water partition coefficient (Wildman–Crippen LogP) is 1.82. The van der Waals surface area contributed by atoms with Crippen molar-refractivity contribution in [3.05, 3.63) is 46.6 Å². The Kier molecular flexibility index (Phi) is 2.98. The highest BCUT2D eigenvalue weighted by molar-refractivity contribution is 5.75. The summed E-state index contributed by atoms with van der Waals surface area (Å²) in [6, 6.07) is 7.50. The molecule has 6 nitrogen and oxygen atoms in total. The average Bonchev–Trinajstić information content (AvgIpc) is 2.84. The lowest BCUT2D eigenvalue weighted by atomic mass is 10.3. The molecule has 0 atom stereocenters. The lowest BCUT2D eigenvalue weighted by Gasteiger charge is -2.06. The van der Waals surface area contributed by atoms with E-state index in [4.69, 9.17) is 4.74 Å². The second-order valence-corrected chi connectivity index (χ2v) is 4.37. The number of nitrogens with zero attached hydrogens (tertiary/aromatic N) is 3. The number of hydrogen-bond donors (Lipinski definition) is 1. The minimum absolute atomic E-state index is 0.176. The number of nitrogens with one attached hydrogen (secondary N) is 1. The van der Waals surface area contributed by atoms with Crippen LogP contribution >= 0.6 is 0 Å². The number of benzene rings is 1. The Labute approximate surface area is 115 Å². The molecule has 1 aromatic carbocycles. The molecular formula is C14H14N4O2. The maximum absolute atomic E-state index is 11.8. The van der Waals surface area contributed by atoms with Crippen molar-refractivity contribution in [1.29, 1.82) is 0 Å². The molecule has 2 aromatic heterocycles. The van der Waals surface area contributed by atoms with Crippen LogP contribution in [0.2, 0.25) is 0 Å². The molecule has 102 valence electrons. The number of hydrogen-bond acceptors (Lipinski definition) is 4. The van der Waals surface area contributed by atoms with E-state index in [1.807, 2.05) is 31.2 Å². The van der Waals surface area contributed by atoms with Crippen LogP contribution in [0.1, 0.15) is 12.7 Å². The smallest absolute Gasteiger partial charge is 0.262 e. The number of rotatable bonds is 3. The summed E-state index contributed by atoms with van der Waals surface area (Å²) in [7, 11) is 0. The molecule has 0 aliphatic heterocycles. The van der Waals surface area contributed by atoms with Gasteiger partial charge in [-0.2, -0.15) is 5.10 Å². The fraction of sp³-hybridized carbons (Fsp3) is 0.214. The zero-order chi connectivity index (χ0) is 14.1. The van der Waals surface area contributed by atoms with Gasteiger partial charge in [0.05, 0.1) is 18.5 Å². The minimum Gasteiger partial charge on any atom is -0.494 e. The first-order valence-corrected chi connectivity index (χ1v) is 6.37. The summed E-state index contributed by atoms with van der Waals surface area (Å²) in [6.45, 7) is 4.31. The third-order valence-electron chi connectivity index (χ3n) is 2.95. The summed E-state index contributed by atoms with van der Waals surface area (Å²) in [6.07, 6.45) is 1.52. The molecule has 3 aromatic rings. The number of aromatic amines is 1. The molecule has 0 amide bonds. The van der Waals surface area contributed by atoms with E-state index in [1.54, 1.807) is 11.6 Å². The molecule has 0 spiro atoms. The summed E-state index contributed by atoms with van der Waals surface area (Å²) in [5.74, 6) is 1.37. The lowest BCUT2D eigenvalue weighted by molar-refractivity contribution is 0.340. The number of aromatic nitrogens is 4. The molecule has 0 radical (unpaired) electrons. The predicted molar refractivity (Wildman–Crippen MR) is 75.4 cm³/mol. The molecule has 0 aliphatic carbocycles. The number of aryl methyl sites for hydroxylation is 1. The average molecular weight is 270 g/mol. The van der Waals surface area contributed by atoms with Crippen LogP contribution in [0.4, 0.5) is 0 Å². The second kappa shape index (κ2) is 4.80. The van der Waals surface area contributed by atoms with E-state index in [1.165, 1.54) is 6.20 Å². The molecule has 1 N–H and O–H groups in total. The minimum atomic E-state index is -0.176. The van der Waals surface area contributed by atoms with Crippen molar-refractivity contribution in [3.8, 4) is 11.4 Å². The Morgan fingerprint density at radius 2 is 2.05 bits per heavy atom. The summed E-state index contributed by atoms with van der Waals surface area (Å²) < 4.78 is 7.05. The number of fused-ring (bicyclic) bond motifs is 1. The first-order chi connectivity index (χ1) is 9.69. The maximum Gasteiger partial charge on any atom is 0.262 e. The Bertz CT molecular complexity index is 802. The van der Waals surface area contributed by atoms with E-state index in [2.05, 4.69) is 15.1 Å². The van der Waals surface area contributed by atoms with Crippen molar-refractivity contribution in [2.45, 2.75) is 13.8 Å². The zero-order valence-corrected chi connectivity index (χ0v) is 11.3. The maximum atomic E-state index is 11.8. The standard InChI is InChI=1S/C14H14N4O2/c1-3-20-11-6-4-10(5-7-11)18-13-12(8-15-18)14(19)17-9(2)16-13/h4-8H,3H2,1-2H3,(H,16,17,19). The van der Waals surface area contributed by atoms with Crippen molar-refractivity contribution in [2.75, 3.05) is 6.61 Å². The van der Waals surface area contributed by atoms with Crippen molar-refractivity contribution < 1.29 is 4.74 Å². The molecule has 2 heterocycles. The van der Waals surface area contributed by atoms with E-state index >= 15 is 0 Å². The molecule has 0 unspecified atom stereocenters. The first-order valence-electron chi connectivity index (χ1n) is 6.37. The molecular weight excluding hydrogens is 256 g/mol. The van der Waals surface area contributed by atoms with Gasteiger partial charge < -0.3 is 9.72 Å². The van der Waals surface area contributed by atoms with Crippen LogP contribution in [0.25, 0.3) is 16.7 Å².